The van der Waals surface area contributed by atoms with Gasteiger partial charge in [0.05, 0.1) is 12.7 Å². The normalized spacial score (nSPS) is 10.5. The Morgan fingerprint density at radius 2 is 2.05 bits per heavy atom. The van der Waals surface area contributed by atoms with E-state index in [9.17, 15) is 4.79 Å². The number of carbonyl (C=O) groups is 1. The molecule has 3 aromatic rings. The van der Waals surface area contributed by atoms with Crippen LogP contribution < -0.4 is 5.32 Å². The minimum absolute atomic E-state index is 0.328. The predicted molar refractivity (Wildman–Crippen MR) is 83.4 cm³/mol. The first-order valence-corrected chi connectivity index (χ1v) is 6.75. The van der Waals surface area contributed by atoms with Gasteiger partial charge < -0.3 is 15.0 Å². The van der Waals surface area contributed by atoms with Crippen LogP contribution in [-0.4, -0.2) is 18.1 Å². The number of nitrogens with one attached hydrogen (secondary N) is 2. The van der Waals surface area contributed by atoms with Crippen LogP contribution in [0.1, 0.15) is 15.9 Å². The zero-order valence-corrected chi connectivity index (χ0v) is 11.7. The summed E-state index contributed by atoms with van der Waals surface area (Å²) in [6.45, 7) is 0.689. The summed E-state index contributed by atoms with van der Waals surface area (Å²) in [6.07, 6.45) is 2.00. The minimum atomic E-state index is -0.328. The van der Waals surface area contributed by atoms with Crippen molar-refractivity contribution in [2.75, 3.05) is 12.4 Å². The lowest BCUT2D eigenvalue weighted by Crippen LogP contribution is -2.03. The fourth-order valence-electron chi connectivity index (χ4n) is 2.35. The highest BCUT2D eigenvalue weighted by molar-refractivity contribution is 5.90. The van der Waals surface area contributed by atoms with Crippen molar-refractivity contribution >= 4 is 22.6 Å². The Bertz CT molecular complexity index is 777. The molecule has 0 amide bonds. The number of carbonyl (C=O) groups excluding carboxylic acids is 1. The lowest BCUT2D eigenvalue weighted by Gasteiger charge is -2.07. The lowest BCUT2D eigenvalue weighted by molar-refractivity contribution is 0.0601. The summed E-state index contributed by atoms with van der Waals surface area (Å²) >= 11 is 0. The van der Waals surface area contributed by atoms with Crippen molar-refractivity contribution in [1.82, 2.24) is 4.98 Å². The molecule has 4 heteroatoms. The van der Waals surface area contributed by atoms with Gasteiger partial charge in [0.15, 0.2) is 0 Å². The highest BCUT2D eigenvalue weighted by atomic mass is 16.5. The molecule has 106 valence electrons. The third kappa shape index (κ3) is 2.74. The number of hydrogen-bond donors (Lipinski definition) is 2. The molecule has 1 heterocycles. The number of rotatable bonds is 4. The van der Waals surface area contributed by atoms with E-state index in [-0.39, 0.29) is 5.97 Å². The molecule has 3 rings (SSSR count). The van der Waals surface area contributed by atoms with Crippen LogP contribution >= 0.6 is 0 Å². The second kappa shape index (κ2) is 5.71. The van der Waals surface area contributed by atoms with Crippen LogP contribution in [0.2, 0.25) is 0 Å². The van der Waals surface area contributed by atoms with Gasteiger partial charge >= 0.3 is 5.97 Å². The zero-order chi connectivity index (χ0) is 14.7. The van der Waals surface area contributed by atoms with Gasteiger partial charge in [0.1, 0.15) is 0 Å². The molecule has 0 spiro atoms. The van der Waals surface area contributed by atoms with Crippen LogP contribution in [0, 0.1) is 0 Å². The Hall–Kier alpha value is -2.75. The summed E-state index contributed by atoms with van der Waals surface area (Å²) in [5.74, 6) is -0.328. The van der Waals surface area contributed by atoms with E-state index in [1.54, 1.807) is 12.1 Å². The summed E-state index contributed by atoms with van der Waals surface area (Å²) in [5, 5.41) is 4.53. The fraction of sp³-hybridized carbons (Fsp3) is 0.118. The van der Waals surface area contributed by atoms with E-state index in [1.807, 2.05) is 30.5 Å². The molecule has 21 heavy (non-hydrogen) atoms. The van der Waals surface area contributed by atoms with Crippen LogP contribution in [0.15, 0.2) is 54.7 Å². The van der Waals surface area contributed by atoms with Crippen LogP contribution in [0.4, 0.5) is 5.69 Å². The molecule has 0 atom stereocenters. The molecule has 4 nitrogen and oxygen atoms in total. The van der Waals surface area contributed by atoms with Crippen molar-refractivity contribution in [1.29, 1.82) is 0 Å². The van der Waals surface area contributed by atoms with Gasteiger partial charge in [0.25, 0.3) is 0 Å². The van der Waals surface area contributed by atoms with Gasteiger partial charge in [0.2, 0.25) is 0 Å². The van der Waals surface area contributed by atoms with Gasteiger partial charge in [-0.3, -0.25) is 0 Å². The Morgan fingerprint density at radius 1 is 1.19 bits per heavy atom. The Morgan fingerprint density at radius 3 is 2.90 bits per heavy atom. The van der Waals surface area contributed by atoms with E-state index in [2.05, 4.69) is 22.4 Å². The number of fused-ring (bicyclic) bond motifs is 1. The number of aromatic nitrogens is 1. The van der Waals surface area contributed by atoms with Gasteiger partial charge in [-0.15, -0.1) is 0 Å². The van der Waals surface area contributed by atoms with Crippen LogP contribution in [0.25, 0.3) is 10.9 Å². The maximum Gasteiger partial charge on any atom is 0.337 e. The summed E-state index contributed by atoms with van der Waals surface area (Å²) < 4.78 is 4.73. The van der Waals surface area contributed by atoms with Crippen LogP contribution in [0.5, 0.6) is 0 Å². The molecule has 0 radical (unpaired) electrons. The first kappa shape index (κ1) is 13.2. The second-order valence-electron chi connectivity index (χ2n) is 4.79. The highest BCUT2D eigenvalue weighted by Crippen LogP contribution is 2.19. The Kier molecular flexibility index (Phi) is 3.60. The summed E-state index contributed by atoms with van der Waals surface area (Å²) in [6, 6.07) is 15.5. The van der Waals surface area contributed by atoms with E-state index < -0.39 is 0 Å². The lowest BCUT2D eigenvalue weighted by atomic mass is 10.1. The topological polar surface area (TPSA) is 54.1 Å². The molecular formula is C17H16N2O2. The van der Waals surface area contributed by atoms with Gasteiger partial charge in [-0.25, -0.2) is 4.79 Å². The largest absolute Gasteiger partial charge is 0.465 e. The first-order valence-electron chi connectivity index (χ1n) is 6.75. The average molecular weight is 280 g/mol. The maximum absolute atomic E-state index is 11.5. The number of anilines is 1. The number of hydrogen-bond acceptors (Lipinski definition) is 3. The number of methoxy groups -OCH3 is 1. The quantitative estimate of drug-likeness (QED) is 0.718. The fourth-order valence-corrected chi connectivity index (χ4v) is 2.35. The van der Waals surface area contributed by atoms with Crippen molar-refractivity contribution in [3.05, 3.63) is 65.9 Å². The molecule has 2 N–H and O–H groups in total. The third-order valence-corrected chi connectivity index (χ3v) is 3.44. The number of H-pyrrole nitrogens is 1. The van der Waals surface area contributed by atoms with Crippen LogP contribution in [-0.2, 0) is 11.3 Å². The van der Waals surface area contributed by atoms with Gasteiger partial charge in [-0.1, -0.05) is 24.3 Å². The smallest absolute Gasteiger partial charge is 0.337 e. The molecule has 0 aliphatic heterocycles. The molecule has 1 aromatic heterocycles. The van der Waals surface area contributed by atoms with E-state index in [0.29, 0.717) is 12.1 Å². The molecule has 0 saturated heterocycles. The van der Waals surface area contributed by atoms with E-state index in [1.165, 1.54) is 18.1 Å². The third-order valence-electron chi connectivity index (χ3n) is 3.44. The number of esters is 1. The summed E-state index contributed by atoms with van der Waals surface area (Å²) in [5.41, 5.74) is 3.75. The minimum Gasteiger partial charge on any atom is -0.465 e. The maximum atomic E-state index is 11.5. The van der Waals surface area contributed by atoms with Gasteiger partial charge in [-0.05, 0) is 29.8 Å². The van der Waals surface area contributed by atoms with E-state index in [0.717, 1.165) is 11.2 Å². The van der Waals surface area contributed by atoms with Crippen molar-refractivity contribution in [3.8, 4) is 0 Å². The number of benzene rings is 2. The van der Waals surface area contributed by atoms with Crippen molar-refractivity contribution in [3.63, 3.8) is 0 Å². The van der Waals surface area contributed by atoms with Crippen molar-refractivity contribution in [2.45, 2.75) is 6.54 Å². The highest BCUT2D eigenvalue weighted by Gasteiger charge is 2.06. The first-order chi connectivity index (χ1) is 10.3. The average Bonchev–Trinajstić information content (AvgIpc) is 2.95. The second-order valence-corrected chi connectivity index (χ2v) is 4.79. The SMILES string of the molecule is COC(=O)c1cccc(NCc2c[nH]c3ccccc23)c1. The number of aromatic amines is 1. The molecule has 0 aliphatic rings. The molecular weight excluding hydrogens is 264 g/mol. The molecule has 0 unspecified atom stereocenters. The molecule has 0 aliphatic carbocycles. The van der Waals surface area contributed by atoms with E-state index >= 15 is 0 Å². The molecule has 0 bridgehead atoms. The molecule has 2 aromatic carbocycles. The van der Waals surface area contributed by atoms with Crippen molar-refractivity contribution < 1.29 is 9.53 Å². The van der Waals surface area contributed by atoms with Gasteiger partial charge in [-0.2, -0.15) is 0 Å². The molecule has 0 fully saturated rings. The van der Waals surface area contributed by atoms with Gasteiger partial charge in [0, 0.05) is 29.3 Å². The number of para-hydroxylation sites is 1. The van der Waals surface area contributed by atoms with Crippen LogP contribution in [0.3, 0.4) is 0 Å². The van der Waals surface area contributed by atoms with Crippen molar-refractivity contribution in [2.24, 2.45) is 0 Å². The summed E-state index contributed by atoms with van der Waals surface area (Å²) in [7, 11) is 1.38. The Labute approximate surface area is 122 Å². The number of ether oxygens (including phenoxy) is 1. The Balaban J connectivity index is 1.77. The zero-order valence-electron chi connectivity index (χ0n) is 11.7. The molecule has 0 saturated carbocycles. The monoisotopic (exact) mass is 280 g/mol. The summed E-state index contributed by atoms with van der Waals surface area (Å²) in [4.78, 5) is 14.8. The standard InChI is InChI=1S/C17H16N2O2/c1-21-17(20)12-5-4-6-14(9-12)18-10-13-11-19-16-8-3-2-7-15(13)16/h2-9,11,18-19H,10H2,1H3. The predicted octanol–water partition coefficient (Wildman–Crippen LogP) is 3.57. The van der Waals surface area contributed by atoms with E-state index in [4.69, 9.17) is 4.74 Å².